The highest BCUT2D eigenvalue weighted by atomic mass is 79.9. The molecule has 2 rings (SSSR count). The minimum atomic E-state index is -0.250. The number of carbonyl (C=O) groups excluding carboxylic acids is 1. The topological polar surface area (TPSA) is 92.8 Å². The van der Waals surface area contributed by atoms with Gasteiger partial charge < -0.3 is 10.1 Å². The zero-order valence-electron chi connectivity index (χ0n) is 9.26. The van der Waals surface area contributed by atoms with E-state index in [0.29, 0.717) is 11.6 Å². The van der Waals surface area contributed by atoms with E-state index < -0.39 is 0 Å². The molecule has 2 aromatic rings. The minimum Gasteiger partial charge on any atom is -0.484 e. The summed E-state index contributed by atoms with van der Waals surface area (Å²) in [6.07, 6.45) is 0. The third-order valence-corrected chi connectivity index (χ3v) is 2.49. The van der Waals surface area contributed by atoms with E-state index in [0.717, 1.165) is 4.47 Å². The Labute approximate surface area is 111 Å². The van der Waals surface area contributed by atoms with Gasteiger partial charge in [0.2, 0.25) is 0 Å². The SMILES string of the molecule is O=C(COc1cccc(Br)c1)NCc1nn[nH]n1. The lowest BCUT2D eigenvalue weighted by atomic mass is 10.3. The minimum absolute atomic E-state index is 0.0612. The maximum atomic E-state index is 11.5. The van der Waals surface area contributed by atoms with Crippen LogP contribution in [0.15, 0.2) is 28.7 Å². The maximum Gasteiger partial charge on any atom is 0.258 e. The van der Waals surface area contributed by atoms with E-state index in [1.807, 2.05) is 12.1 Å². The largest absolute Gasteiger partial charge is 0.484 e. The second kappa shape index (κ2) is 6.10. The first-order valence-corrected chi connectivity index (χ1v) is 5.91. The summed E-state index contributed by atoms with van der Waals surface area (Å²) < 4.78 is 6.21. The molecule has 8 heteroatoms. The fourth-order valence-corrected chi connectivity index (χ4v) is 1.57. The Bertz CT molecular complexity index is 517. The van der Waals surface area contributed by atoms with Crippen molar-refractivity contribution < 1.29 is 9.53 Å². The normalized spacial score (nSPS) is 10.1. The second-order valence-electron chi connectivity index (χ2n) is 3.35. The van der Waals surface area contributed by atoms with Gasteiger partial charge in [-0.2, -0.15) is 5.21 Å². The predicted molar refractivity (Wildman–Crippen MR) is 65.7 cm³/mol. The number of H-pyrrole nitrogens is 1. The van der Waals surface area contributed by atoms with E-state index in [1.54, 1.807) is 12.1 Å². The van der Waals surface area contributed by atoms with Crippen molar-refractivity contribution in [1.82, 2.24) is 25.9 Å². The van der Waals surface area contributed by atoms with Crippen LogP contribution in [0.4, 0.5) is 0 Å². The van der Waals surface area contributed by atoms with Gasteiger partial charge in [-0.15, -0.1) is 10.2 Å². The van der Waals surface area contributed by atoms with Crippen LogP contribution in [0.1, 0.15) is 5.82 Å². The van der Waals surface area contributed by atoms with Crippen LogP contribution >= 0.6 is 15.9 Å². The molecule has 1 heterocycles. The number of aromatic amines is 1. The Morgan fingerprint density at radius 2 is 2.39 bits per heavy atom. The lowest BCUT2D eigenvalue weighted by molar-refractivity contribution is -0.123. The van der Waals surface area contributed by atoms with Gasteiger partial charge in [0.15, 0.2) is 12.4 Å². The van der Waals surface area contributed by atoms with E-state index >= 15 is 0 Å². The highest BCUT2D eigenvalue weighted by Crippen LogP contribution is 2.17. The smallest absolute Gasteiger partial charge is 0.258 e. The molecule has 0 fully saturated rings. The van der Waals surface area contributed by atoms with E-state index in [-0.39, 0.29) is 19.1 Å². The number of nitrogens with one attached hydrogen (secondary N) is 2. The molecule has 0 atom stereocenters. The number of aromatic nitrogens is 4. The summed E-state index contributed by atoms with van der Waals surface area (Å²) in [5, 5.41) is 15.7. The Morgan fingerprint density at radius 1 is 1.50 bits per heavy atom. The number of tetrazole rings is 1. The average Bonchev–Trinajstić information content (AvgIpc) is 2.87. The van der Waals surface area contributed by atoms with Crippen molar-refractivity contribution in [3.8, 4) is 5.75 Å². The summed E-state index contributed by atoms with van der Waals surface area (Å²) in [7, 11) is 0. The number of hydrogen-bond acceptors (Lipinski definition) is 5. The van der Waals surface area contributed by atoms with Crippen molar-refractivity contribution in [2.45, 2.75) is 6.54 Å². The molecule has 1 aromatic carbocycles. The molecule has 1 amide bonds. The molecule has 7 nitrogen and oxygen atoms in total. The highest BCUT2D eigenvalue weighted by Gasteiger charge is 2.04. The number of benzene rings is 1. The molecule has 0 radical (unpaired) electrons. The Kier molecular flexibility index (Phi) is 4.24. The van der Waals surface area contributed by atoms with Gasteiger partial charge in [-0.05, 0) is 18.2 Å². The van der Waals surface area contributed by atoms with Gasteiger partial charge in [-0.1, -0.05) is 27.2 Å². The van der Waals surface area contributed by atoms with Crippen LogP contribution in [-0.2, 0) is 11.3 Å². The Hall–Kier alpha value is -1.96. The van der Waals surface area contributed by atoms with Crippen LogP contribution in [0.5, 0.6) is 5.75 Å². The standard InChI is InChI=1S/C10H10BrN5O2/c11-7-2-1-3-8(4-7)18-6-10(17)12-5-9-13-15-16-14-9/h1-4H,5-6H2,(H,12,17)(H,13,14,15,16). The molecular formula is C10H10BrN5O2. The number of nitrogens with zero attached hydrogens (tertiary/aromatic N) is 3. The fourth-order valence-electron chi connectivity index (χ4n) is 1.19. The van der Waals surface area contributed by atoms with Crippen molar-refractivity contribution >= 4 is 21.8 Å². The first-order valence-electron chi connectivity index (χ1n) is 5.11. The summed E-state index contributed by atoms with van der Waals surface area (Å²) in [5.41, 5.74) is 0. The number of ether oxygens (including phenoxy) is 1. The molecule has 2 N–H and O–H groups in total. The van der Waals surface area contributed by atoms with Crippen LogP contribution in [0.3, 0.4) is 0 Å². The quantitative estimate of drug-likeness (QED) is 0.846. The zero-order valence-corrected chi connectivity index (χ0v) is 10.8. The molecule has 94 valence electrons. The van der Waals surface area contributed by atoms with Crippen LogP contribution in [0.2, 0.25) is 0 Å². The van der Waals surface area contributed by atoms with E-state index in [4.69, 9.17) is 4.74 Å². The highest BCUT2D eigenvalue weighted by molar-refractivity contribution is 9.10. The van der Waals surface area contributed by atoms with Crippen molar-refractivity contribution in [3.63, 3.8) is 0 Å². The molecule has 0 saturated heterocycles. The van der Waals surface area contributed by atoms with Gasteiger partial charge in [0.25, 0.3) is 5.91 Å². The second-order valence-corrected chi connectivity index (χ2v) is 4.27. The third-order valence-electron chi connectivity index (χ3n) is 2.00. The van der Waals surface area contributed by atoms with Gasteiger partial charge in [0, 0.05) is 4.47 Å². The molecule has 0 spiro atoms. The molecule has 1 aromatic heterocycles. The average molecular weight is 312 g/mol. The molecule has 0 bridgehead atoms. The van der Waals surface area contributed by atoms with Crippen molar-refractivity contribution in [2.24, 2.45) is 0 Å². The van der Waals surface area contributed by atoms with E-state index in [9.17, 15) is 4.79 Å². The van der Waals surface area contributed by atoms with Gasteiger partial charge in [-0.25, -0.2) is 0 Å². The van der Waals surface area contributed by atoms with Gasteiger partial charge in [0.1, 0.15) is 5.75 Å². The maximum absolute atomic E-state index is 11.5. The summed E-state index contributed by atoms with van der Waals surface area (Å²) in [6.45, 7) is 0.158. The molecule has 18 heavy (non-hydrogen) atoms. The molecule has 0 aliphatic heterocycles. The van der Waals surface area contributed by atoms with Crippen molar-refractivity contribution in [3.05, 3.63) is 34.6 Å². The zero-order chi connectivity index (χ0) is 12.8. The first-order chi connectivity index (χ1) is 8.74. The monoisotopic (exact) mass is 311 g/mol. The van der Waals surface area contributed by atoms with Crippen LogP contribution in [0.25, 0.3) is 0 Å². The Balaban J connectivity index is 1.75. The van der Waals surface area contributed by atoms with Crippen molar-refractivity contribution in [1.29, 1.82) is 0 Å². The first kappa shape index (κ1) is 12.5. The molecule has 0 unspecified atom stereocenters. The lowest BCUT2D eigenvalue weighted by Gasteiger charge is -2.06. The molecule has 0 aliphatic rings. The van der Waals surface area contributed by atoms with E-state index in [1.165, 1.54) is 0 Å². The van der Waals surface area contributed by atoms with Crippen LogP contribution in [-0.4, -0.2) is 33.1 Å². The number of amides is 1. The summed E-state index contributed by atoms with van der Waals surface area (Å²) in [5.74, 6) is 0.796. The van der Waals surface area contributed by atoms with Gasteiger partial charge in [-0.3, -0.25) is 4.79 Å². The number of rotatable bonds is 5. The Morgan fingerprint density at radius 3 is 3.11 bits per heavy atom. The van der Waals surface area contributed by atoms with Gasteiger partial charge >= 0.3 is 0 Å². The number of halogens is 1. The number of hydrogen-bond donors (Lipinski definition) is 2. The van der Waals surface area contributed by atoms with Crippen LogP contribution in [0, 0.1) is 0 Å². The molecule has 0 saturated carbocycles. The number of carbonyl (C=O) groups is 1. The van der Waals surface area contributed by atoms with Crippen molar-refractivity contribution in [2.75, 3.05) is 6.61 Å². The predicted octanol–water partition coefficient (Wildman–Crippen LogP) is 0.657. The van der Waals surface area contributed by atoms with Crippen LogP contribution < -0.4 is 10.1 Å². The third kappa shape index (κ3) is 3.81. The molecular weight excluding hydrogens is 302 g/mol. The van der Waals surface area contributed by atoms with E-state index in [2.05, 4.69) is 41.9 Å². The van der Waals surface area contributed by atoms with Gasteiger partial charge in [0.05, 0.1) is 6.54 Å². The summed E-state index contributed by atoms with van der Waals surface area (Å²) >= 11 is 3.32. The summed E-state index contributed by atoms with van der Waals surface area (Å²) in [4.78, 5) is 11.5. The molecule has 0 aliphatic carbocycles. The fraction of sp³-hybridized carbons (Fsp3) is 0.200. The summed E-state index contributed by atoms with van der Waals surface area (Å²) in [6, 6.07) is 7.27. The lowest BCUT2D eigenvalue weighted by Crippen LogP contribution is -2.28.